The molecule has 174 valence electrons. The van der Waals surface area contributed by atoms with Crippen LogP contribution < -0.4 is 5.32 Å². The fourth-order valence-corrected chi connectivity index (χ4v) is 4.71. The maximum atomic E-state index is 13.6. The van der Waals surface area contributed by atoms with Gasteiger partial charge in [0.2, 0.25) is 0 Å². The van der Waals surface area contributed by atoms with Gasteiger partial charge >= 0.3 is 0 Å². The predicted octanol–water partition coefficient (Wildman–Crippen LogP) is 6.82. The van der Waals surface area contributed by atoms with Gasteiger partial charge in [0, 0.05) is 29.7 Å². The number of nitrogens with one attached hydrogen (secondary N) is 1. The van der Waals surface area contributed by atoms with Crippen LogP contribution in [0.5, 0.6) is 0 Å². The van der Waals surface area contributed by atoms with E-state index in [2.05, 4.69) is 10.3 Å². The molecule has 1 amide bonds. The Labute approximate surface area is 202 Å². The molecular weight excluding hydrogens is 453 g/mol. The van der Waals surface area contributed by atoms with Gasteiger partial charge in [-0.3, -0.25) is 4.79 Å². The zero-order valence-electron chi connectivity index (χ0n) is 18.6. The molecule has 3 aromatic carbocycles. The Kier molecular flexibility index (Phi) is 6.50. The zero-order valence-corrected chi connectivity index (χ0v) is 19.4. The van der Waals surface area contributed by atoms with Crippen LogP contribution in [0.2, 0.25) is 5.02 Å². The first-order valence-electron chi connectivity index (χ1n) is 11.5. The SMILES string of the molecule is O=C(c1ccc2oc(NCc3cccc(Cl)c3)nc2c1)N(Cc1ccc(F)cc1)C1CCCC1. The van der Waals surface area contributed by atoms with E-state index in [0.717, 1.165) is 36.8 Å². The normalized spacial score (nSPS) is 13.9. The van der Waals surface area contributed by atoms with Crippen molar-refractivity contribution < 1.29 is 13.6 Å². The number of rotatable bonds is 7. The number of amides is 1. The third-order valence-electron chi connectivity index (χ3n) is 6.26. The van der Waals surface area contributed by atoms with Gasteiger partial charge in [-0.1, -0.05) is 48.7 Å². The maximum absolute atomic E-state index is 13.6. The van der Waals surface area contributed by atoms with Crippen molar-refractivity contribution in [3.8, 4) is 0 Å². The van der Waals surface area contributed by atoms with Gasteiger partial charge in [0.25, 0.3) is 11.9 Å². The lowest BCUT2D eigenvalue weighted by Gasteiger charge is -2.29. The minimum Gasteiger partial charge on any atom is -0.424 e. The van der Waals surface area contributed by atoms with Gasteiger partial charge < -0.3 is 14.6 Å². The van der Waals surface area contributed by atoms with Gasteiger partial charge in [-0.25, -0.2) is 4.39 Å². The Morgan fingerprint density at radius 2 is 1.85 bits per heavy atom. The summed E-state index contributed by atoms with van der Waals surface area (Å²) in [6.45, 7) is 0.972. The molecule has 34 heavy (non-hydrogen) atoms. The second-order valence-electron chi connectivity index (χ2n) is 8.68. The van der Waals surface area contributed by atoms with Crippen LogP contribution in [-0.4, -0.2) is 21.8 Å². The van der Waals surface area contributed by atoms with Crippen molar-refractivity contribution in [2.45, 2.75) is 44.8 Å². The summed E-state index contributed by atoms with van der Waals surface area (Å²) in [5, 5.41) is 3.84. The number of carbonyl (C=O) groups excluding carboxylic acids is 1. The van der Waals surface area contributed by atoms with Crippen molar-refractivity contribution in [2.75, 3.05) is 5.32 Å². The second-order valence-corrected chi connectivity index (χ2v) is 9.12. The van der Waals surface area contributed by atoms with E-state index in [-0.39, 0.29) is 17.8 Å². The minimum atomic E-state index is -0.279. The fourth-order valence-electron chi connectivity index (χ4n) is 4.50. The number of hydrogen-bond acceptors (Lipinski definition) is 4. The number of oxazole rings is 1. The van der Waals surface area contributed by atoms with Crippen LogP contribution in [0.1, 0.15) is 47.2 Å². The van der Waals surface area contributed by atoms with Crippen molar-refractivity contribution >= 4 is 34.6 Å². The molecule has 1 aliphatic carbocycles. The highest BCUT2D eigenvalue weighted by molar-refractivity contribution is 6.30. The number of anilines is 1. The second kappa shape index (κ2) is 9.85. The molecule has 7 heteroatoms. The lowest BCUT2D eigenvalue weighted by atomic mass is 10.1. The van der Waals surface area contributed by atoms with Gasteiger partial charge in [0.05, 0.1) is 0 Å². The minimum absolute atomic E-state index is 0.0467. The first-order valence-corrected chi connectivity index (χ1v) is 11.9. The Bertz CT molecular complexity index is 1300. The first-order chi connectivity index (χ1) is 16.5. The number of fused-ring (bicyclic) bond motifs is 1. The number of hydrogen-bond donors (Lipinski definition) is 1. The van der Waals surface area contributed by atoms with Crippen LogP contribution in [0.3, 0.4) is 0 Å². The average Bonchev–Trinajstić information content (AvgIpc) is 3.51. The molecule has 4 aromatic rings. The summed E-state index contributed by atoms with van der Waals surface area (Å²) in [6.07, 6.45) is 4.19. The van der Waals surface area contributed by atoms with Gasteiger partial charge in [0.1, 0.15) is 11.3 Å². The molecule has 0 bridgehead atoms. The van der Waals surface area contributed by atoms with E-state index in [1.165, 1.54) is 12.1 Å². The highest BCUT2D eigenvalue weighted by Gasteiger charge is 2.28. The lowest BCUT2D eigenvalue weighted by molar-refractivity contribution is 0.0664. The Morgan fingerprint density at radius 3 is 2.62 bits per heavy atom. The number of nitrogens with zero attached hydrogens (tertiary/aromatic N) is 2. The predicted molar refractivity (Wildman–Crippen MR) is 131 cm³/mol. The lowest BCUT2D eigenvalue weighted by Crippen LogP contribution is -2.38. The first kappa shape index (κ1) is 22.4. The van der Waals surface area contributed by atoms with Crippen LogP contribution in [0.4, 0.5) is 10.4 Å². The molecule has 0 spiro atoms. The van der Waals surface area contributed by atoms with Crippen molar-refractivity contribution in [1.29, 1.82) is 0 Å². The summed E-state index contributed by atoms with van der Waals surface area (Å²) in [5.41, 5.74) is 3.72. The molecule has 1 aromatic heterocycles. The number of halogens is 2. The smallest absolute Gasteiger partial charge is 0.295 e. The highest BCUT2D eigenvalue weighted by atomic mass is 35.5. The third-order valence-corrected chi connectivity index (χ3v) is 6.49. The number of aromatic nitrogens is 1. The third kappa shape index (κ3) is 5.07. The quantitative estimate of drug-likeness (QED) is 0.317. The van der Waals surface area contributed by atoms with Crippen LogP contribution in [-0.2, 0) is 13.1 Å². The molecular formula is C27H25ClFN3O2. The number of benzene rings is 3. The molecule has 0 saturated heterocycles. The summed E-state index contributed by atoms with van der Waals surface area (Å²) in [4.78, 5) is 20.0. The fraction of sp³-hybridized carbons (Fsp3) is 0.259. The molecule has 5 rings (SSSR count). The summed E-state index contributed by atoms with van der Waals surface area (Å²) in [5.74, 6) is -0.326. The molecule has 0 radical (unpaired) electrons. The van der Waals surface area contributed by atoms with Gasteiger partial charge in [-0.2, -0.15) is 4.98 Å². The maximum Gasteiger partial charge on any atom is 0.295 e. The summed E-state index contributed by atoms with van der Waals surface area (Å²) >= 11 is 6.05. The largest absolute Gasteiger partial charge is 0.424 e. The summed E-state index contributed by atoms with van der Waals surface area (Å²) in [6, 6.07) is 19.8. The van der Waals surface area contributed by atoms with E-state index in [9.17, 15) is 9.18 Å². The molecule has 1 saturated carbocycles. The van der Waals surface area contributed by atoms with Gasteiger partial charge in [-0.15, -0.1) is 0 Å². The Hall–Kier alpha value is -3.38. The zero-order chi connectivity index (χ0) is 23.5. The summed E-state index contributed by atoms with van der Waals surface area (Å²) in [7, 11) is 0. The van der Waals surface area contributed by atoms with E-state index >= 15 is 0 Å². The molecule has 5 nitrogen and oxygen atoms in total. The molecule has 0 unspecified atom stereocenters. The molecule has 1 N–H and O–H groups in total. The molecule has 1 aliphatic rings. The van der Waals surface area contributed by atoms with Gasteiger partial charge in [0.15, 0.2) is 5.58 Å². The molecule has 0 atom stereocenters. The van der Waals surface area contributed by atoms with E-state index in [1.807, 2.05) is 29.2 Å². The van der Waals surface area contributed by atoms with Crippen LogP contribution >= 0.6 is 11.6 Å². The average molecular weight is 478 g/mol. The van der Waals surface area contributed by atoms with E-state index < -0.39 is 0 Å². The topological polar surface area (TPSA) is 58.4 Å². The highest BCUT2D eigenvalue weighted by Crippen LogP contribution is 2.28. The van der Waals surface area contributed by atoms with Crippen LogP contribution in [0.25, 0.3) is 11.1 Å². The van der Waals surface area contributed by atoms with E-state index in [1.54, 1.807) is 30.3 Å². The van der Waals surface area contributed by atoms with Crippen LogP contribution in [0, 0.1) is 5.82 Å². The molecule has 1 heterocycles. The van der Waals surface area contributed by atoms with Crippen molar-refractivity contribution in [3.63, 3.8) is 0 Å². The standard InChI is InChI=1S/C27H25ClFN3O2/c28-21-5-3-4-19(14-21)16-30-27-31-24-15-20(10-13-25(24)34-27)26(33)32(23-6-1-2-7-23)17-18-8-11-22(29)12-9-18/h3-5,8-15,23H,1-2,6-7,16-17H2,(H,30,31). The van der Waals surface area contributed by atoms with E-state index in [4.69, 9.17) is 16.0 Å². The Morgan fingerprint density at radius 1 is 1.06 bits per heavy atom. The Balaban J connectivity index is 1.35. The number of carbonyl (C=O) groups is 1. The van der Waals surface area contributed by atoms with E-state index in [0.29, 0.717) is 40.8 Å². The van der Waals surface area contributed by atoms with Crippen LogP contribution in [0.15, 0.2) is 71.1 Å². The monoisotopic (exact) mass is 477 g/mol. The van der Waals surface area contributed by atoms with Crippen molar-refractivity contribution in [3.05, 3.63) is 94.3 Å². The molecule has 0 aliphatic heterocycles. The molecule has 1 fully saturated rings. The van der Waals surface area contributed by atoms with Gasteiger partial charge in [-0.05, 0) is 66.4 Å². The summed E-state index contributed by atoms with van der Waals surface area (Å²) < 4.78 is 19.2. The van der Waals surface area contributed by atoms with Crippen molar-refractivity contribution in [1.82, 2.24) is 9.88 Å². The van der Waals surface area contributed by atoms with Crippen molar-refractivity contribution in [2.24, 2.45) is 0 Å².